The molecule has 0 unspecified atom stereocenters. The first kappa shape index (κ1) is 11.2. The Kier molecular flexibility index (Phi) is 3.28. The van der Waals surface area contributed by atoms with Gasteiger partial charge < -0.3 is 4.74 Å². The number of aryl methyl sites for hydroxylation is 2. The monoisotopic (exact) mass is 218 g/mol. The van der Waals surface area contributed by atoms with Crippen LogP contribution < -0.4 is 4.74 Å². The van der Waals surface area contributed by atoms with Crippen LogP contribution in [0, 0.1) is 19.8 Å². The Bertz CT molecular complexity index is 392. The van der Waals surface area contributed by atoms with Crippen molar-refractivity contribution >= 4 is 5.78 Å². The molecule has 2 nitrogen and oxygen atoms in total. The molecule has 1 aliphatic rings. The quantitative estimate of drug-likeness (QED) is 0.759. The van der Waals surface area contributed by atoms with Crippen LogP contribution in [0.5, 0.6) is 5.75 Å². The highest BCUT2D eigenvalue weighted by atomic mass is 16.5. The van der Waals surface area contributed by atoms with E-state index in [1.807, 2.05) is 18.2 Å². The van der Waals surface area contributed by atoms with Gasteiger partial charge in [-0.25, -0.2) is 0 Å². The average molecular weight is 218 g/mol. The first-order valence-electron chi connectivity index (χ1n) is 5.89. The van der Waals surface area contributed by atoms with Crippen molar-refractivity contribution in [1.29, 1.82) is 0 Å². The highest BCUT2D eigenvalue weighted by Gasteiger charge is 2.28. The fourth-order valence-corrected chi connectivity index (χ4v) is 1.68. The minimum atomic E-state index is 0.350. The molecule has 0 radical (unpaired) electrons. The lowest BCUT2D eigenvalue weighted by atomic mass is 10.1. The lowest BCUT2D eigenvalue weighted by Gasteiger charge is -2.07. The zero-order chi connectivity index (χ0) is 11.5. The Morgan fingerprint density at radius 2 is 2.06 bits per heavy atom. The third-order valence-electron chi connectivity index (χ3n) is 3.13. The summed E-state index contributed by atoms with van der Waals surface area (Å²) in [6.45, 7) is 4.66. The summed E-state index contributed by atoms with van der Waals surface area (Å²) in [6, 6.07) is 6.04. The summed E-state index contributed by atoms with van der Waals surface area (Å²) >= 11 is 0. The fraction of sp³-hybridized carbons (Fsp3) is 0.500. The van der Waals surface area contributed by atoms with E-state index in [2.05, 4.69) is 13.8 Å². The Morgan fingerprint density at radius 1 is 1.31 bits per heavy atom. The number of Topliss-reactive ketones (excluding diaryl/α,β-unsaturated/α-hetero) is 1. The molecule has 2 rings (SSSR count). The molecule has 0 aliphatic heterocycles. The third kappa shape index (κ3) is 2.84. The van der Waals surface area contributed by atoms with Gasteiger partial charge in [0, 0.05) is 12.3 Å². The average Bonchev–Trinajstić information content (AvgIpc) is 3.07. The molecule has 1 aromatic rings. The number of rotatable bonds is 5. The van der Waals surface area contributed by atoms with E-state index in [1.165, 1.54) is 11.1 Å². The van der Waals surface area contributed by atoms with Gasteiger partial charge in [-0.1, -0.05) is 6.07 Å². The van der Waals surface area contributed by atoms with Crippen molar-refractivity contribution in [3.05, 3.63) is 29.3 Å². The zero-order valence-electron chi connectivity index (χ0n) is 9.95. The van der Waals surface area contributed by atoms with Gasteiger partial charge in [-0.2, -0.15) is 0 Å². The van der Waals surface area contributed by atoms with Crippen molar-refractivity contribution in [2.75, 3.05) is 6.61 Å². The van der Waals surface area contributed by atoms with Crippen LogP contribution in [0.2, 0.25) is 0 Å². The van der Waals surface area contributed by atoms with Gasteiger partial charge in [-0.15, -0.1) is 0 Å². The van der Waals surface area contributed by atoms with Gasteiger partial charge in [0.25, 0.3) is 0 Å². The van der Waals surface area contributed by atoms with E-state index in [0.717, 1.165) is 18.6 Å². The molecule has 0 saturated heterocycles. The predicted molar refractivity (Wildman–Crippen MR) is 63.8 cm³/mol. The van der Waals surface area contributed by atoms with E-state index in [0.29, 0.717) is 24.7 Å². The third-order valence-corrected chi connectivity index (χ3v) is 3.13. The zero-order valence-corrected chi connectivity index (χ0v) is 9.95. The standard InChI is InChI=1S/C14H18O2/c1-10-3-6-13(9-11(10)2)16-8-7-14(15)12-4-5-12/h3,6,9,12H,4-5,7-8H2,1-2H3. The van der Waals surface area contributed by atoms with Crippen LogP contribution in [0.25, 0.3) is 0 Å². The van der Waals surface area contributed by atoms with Crippen molar-refractivity contribution in [2.45, 2.75) is 33.1 Å². The molecule has 0 heterocycles. The molecule has 1 aromatic carbocycles. The van der Waals surface area contributed by atoms with Crippen LogP contribution in [-0.4, -0.2) is 12.4 Å². The fourth-order valence-electron chi connectivity index (χ4n) is 1.68. The maximum Gasteiger partial charge on any atom is 0.139 e. The van der Waals surface area contributed by atoms with E-state index in [4.69, 9.17) is 4.74 Å². The van der Waals surface area contributed by atoms with Crippen molar-refractivity contribution in [2.24, 2.45) is 5.92 Å². The summed E-state index contributed by atoms with van der Waals surface area (Å²) in [7, 11) is 0. The second kappa shape index (κ2) is 4.69. The first-order chi connectivity index (χ1) is 7.66. The van der Waals surface area contributed by atoms with Crippen molar-refractivity contribution in [1.82, 2.24) is 0 Å². The molecule has 0 bridgehead atoms. The van der Waals surface area contributed by atoms with Gasteiger partial charge in [0.15, 0.2) is 0 Å². The van der Waals surface area contributed by atoms with Crippen LogP contribution in [0.15, 0.2) is 18.2 Å². The minimum Gasteiger partial charge on any atom is -0.493 e. The van der Waals surface area contributed by atoms with Crippen LogP contribution in [-0.2, 0) is 4.79 Å². The minimum absolute atomic E-state index is 0.350. The number of carbonyl (C=O) groups excluding carboxylic acids is 1. The number of carbonyl (C=O) groups is 1. The lowest BCUT2D eigenvalue weighted by molar-refractivity contribution is -0.120. The molecule has 1 saturated carbocycles. The van der Waals surface area contributed by atoms with Gasteiger partial charge in [0.05, 0.1) is 6.61 Å². The Labute approximate surface area is 96.6 Å². The first-order valence-corrected chi connectivity index (χ1v) is 5.89. The van der Waals surface area contributed by atoms with Gasteiger partial charge in [0.1, 0.15) is 11.5 Å². The maximum absolute atomic E-state index is 11.4. The Morgan fingerprint density at radius 3 is 2.69 bits per heavy atom. The van der Waals surface area contributed by atoms with E-state index >= 15 is 0 Å². The molecule has 2 heteroatoms. The summed E-state index contributed by atoms with van der Waals surface area (Å²) in [5.41, 5.74) is 2.49. The van der Waals surface area contributed by atoms with Crippen molar-refractivity contribution in [3.8, 4) is 5.75 Å². The summed E-state index contributed by atoms with van der Waals surface area (Å²) in [5.74, 6) is 1.58. The van der Waals surface area contributed by atoms with Crippen LogP contribution in [0.4, 0.5) is 0 Å². The normalized spacial score (nSPS) is 14.9. The van der Waals surface area contributed by atoms with Gasteiger partial charge in [0.2, 0.25) is 0 Å². The number of hydrogen-bond acceptors (Lipinski definition) is 2. The van der Waals surface area contributed by atoms with Gasteiger partial charge in [-0.05, 0) is 49.9 Å². The predicted octanol–water partition coefficient (Wildman–Crippen LogP) is 3.05. The van der Waals surface area contributed by atoms with Gasteiger partial charge >= 0.3 is 0 Å². The van der Waals surface area contributed by atoms with Gasteiger partial charge in [-0.3, -0.25) is 4.79 Å². The van der Waals surface area contributed by atoms with Crippen LogP contribution >= 0.6 is 0 Å². The summed E-state index contributed by atoms with van der Waals surface area (Å²) in [6.07, 6.45) is 2.72. The smallest absolute Gasteiger partial charge is 0.139 e. The second-order valence-electron chi connectivity index (χ2n) is 4.59. The van der Waals surface area contributed by atoms with Crippen LogP contribution in [0.1, 0.15) is 30.4 Å². The van der Waals surface area contributed by atoms with E-state index in [-0.39, 0.29) is 0 Å². The van der Waals surface area contributed by atoms with E-state index in [1.54, 1.807) is 0 Å². The molecule has 0 spiro atoms. The number of benzene rings is 1. The topological polar surface area (TPSA) is 26.3 Å². The summed E-state index contributed by atoms with van der Waals surface area (Å²) in [4.78, 5) is 11.4. The molecule has 0 amide bonds. The number of ketones is 1. The van der Waals surface area contributed by atoms with Crippen LogP contribution in [0.3, 0.4) is 0 Å². The largest absolute Gasteiger partial charge is 0.493 e. The Hall–Kier alpha value is -1.31. The number of ether oxygens (including phenoxy) is 1. The summed E-state index contributed by atoms with van der Waals surface area (Å²) < 4.78 is 5.57. The molecular weight excluding hydrogens is 200 g/mol. The Balaban J connectivity index is 1.80. The summed E-state index contributed by atoms with van der Waals surface area (Å²) in [5, 5.41) is 0. The van der Waals surface area contributed by atoms with E-state index in [9.17, 15) is 4.79 Å². The number of hydrogen-bond donors (Lipinski definition) is 0. The van der Waals surface area contributed by atoms with Crippen molar-refractivity contribution < 1.29 is 9.53 Å². The molecule has 1 fully saturated rings. The molecule has 1 aliphatic carbocycles. The van der Waals surface area contributed by atoms with Crippen molar-refractivity contribution in [3.63, 3.8) is 0 Å². The molecule has 0 N–H and O–H groups in total. The second-order valence-corrected chi connectivity index (χ2v) is 4.59. The molecule has 0 atom stereocenters. The highest BCUT2D eigenvalue weighted by Crippen LogP contribution is 2.30. The maximum atomic E-state index is 11.4. The molecule has 0 aromatic heterocycles. The lowest BCUT2D eigenvalue weighted by Crippen LogP contribution is -2.07. The SMILES string of the molecule is Cc1ccc(OCCC(=O)C2CC2)cc1C. The molecule has 86 valence electrons. The highest BCUT2D eigenvalue weighted by molar-refractivity contribution is 5.83. The molecular formula is C14H18O2. The van der Waals surface area contributed by atoms with E-state index < -0.39 is 0 Å². The molecule has 16 heavy (non-hydrogen) atoms.